The Balaban J connectivity index is 2.43. The van der Waals surface area contributed by atoms with Crippen LogP contribution in [0.5, 0.6) is 0 Å². The van der Waals surface area contributed by atoms with E-state index >= 15 is 0 Å². The Hall–Kier alpha value is -1.44. The van der Waals surface area contributed by atoms with Crippen molar-refractivity contribution in [2.45, 2.75) is 13.5 Å². The number of rotatable bonds is 4. The van der Waals surface area contributed by atoms with Crippen LogP contribution in [0.3, 0.4) is 0 Å². The minimum atomic E-state index is -0.0799. The summed E-state index contributed by atoms with van der Waals surface area (Å²) in [7, 11) is 0. The van der Waals surface area contributed by atoms with E-state index in [1.807, 2.05) is 37.3 Å². The second-order valence-corrected chi connectivity index (χ2v) is 2.97. The van der Waals surface area contributed by atoms with E-state index in [4.69, 9.17) is 0 Å². The molecule has 1 aromatic carbocycles. The molecule has 1 aromatic rings. The lowest BCUT2D eigenvalue weighted by Crippen LogP contribution is -1.96. The van der Waals surface area contributed by atoms with E-state index in [9.17, 15) is 4.79 Å². The molecule has 0 bridgehead atoms. The summed E-state index contributed by atoms with van der Waals surface area (Å²) in [6, 6.07) is 9.97. The third-order valence-corrected chi connectivity index (χ3v) is 1.67. The first-order valence-corrected chi connectivity index (χ1v) is 4.32. The van der Waals surface area contributed by atoms with E-state index in [0.29, 0.717) is 6.54 Å². The summed E-state index contributed by atoms with van der Waals surface area (Å²) in [5, 5.41) is 0. The quantitative estimate of drug-likeness (QED) is 0.509. The lowest BCUT2D eigenvalue weighted by molar-refractivity contribution is -0.109. The Kier molecular flexibility index (Phi) is 3.89. The molecule has 0 heterocycles. The van der Waals surface area contributed by atoms with Gasteiger partial charge < -0.3 is 4.79 Å². The summed E-state index contributed by atoms with van der Waals surface area (Å²) in [5.74, 6) is -0.0799. The molecular formula is C11H13NO. The molecule has 0 spiro atoms. The molecule has 0 amide bonds. The van der Waals surface area contributed by atoms with Crippen molar-refractivity contribution in [2.24, 2.45) is 10.9 Å². The Bertz CT molecular complexity index is 279. The van der Waals surface area contributed by atoms with E-state index in [2.05, 4.69) is 4.99 Å². The van der Waals surface area contributed by atoms with Gasteiger partial charge in [0.2, 0.25) is 0 Å². The van der Waals surface area contributed by atoms with Crippen molar-refractivity contribution < 1.29 is 4.79 Å². The third kappa shape index (κ3) is 3.65. The van der Waals surface area contributed by atoms with Crippen molar-refractivity contribution in [1.82, 2.24) is 0 Å². The zero-order valence-electron chi connectivity index (χ0n) is 7.68. The highest BCUT2D eigenvalue weighted by molar-refractivity contribution is 5.79. The number of nitrogens with zero attached hydrogens (tertiary/aromatic N) is 1. The number of hydrogen-bond acceptors (Lipinski definition) is 2. The standard InChI is InChI=1S/C11H13NO/c1-10(9-13)7-12-8-11-5-3-2-4-6-11/h2-7,9-10H,8H2,1H3. The Labute approximate surface area is 78.3 Å². The smallest absolute Gasteiger partial charge is 0.128 e. The number of carbonyl (C=O) groups is 1. The lowest BCUT2D eigenvalue weighted by Gasteiger charge is -1.95. The number of carbonyl (C=O) groups excluding carboxylic acids is 1. The molecule has 13 heavy (non-hydrogen) atoms. The molecule has 0 aliphatic heterocycles. The maximum Gasteiger partial charge on any atom is 0.128 e. The van der Waals surface area contributed by atoms with E-state index in [0.717, 1.165) is 11.8 Å². The Morgan fingerprint density at radius 1 is 1.38 bits per heavy atom. The average Bonchev–Trinajstić information content (AvgIpc) is 2.19. The van der Waals surface area contributed by atoms with Crippen molar-refractivity contribution in [1.29, 1.82) is 0 Å². The zero-order valence-corrected chi connectivity index (χ0v) is 7.68. The van der Waals surface area contributed by atoms with Gasteiger partial charge in [-0.2, -0.15) is 0 Å². The van der Waals surface area contributed by atoms with Crippen LogP contribution in [0.2, 0.25) is 0 Å². The van der Waals surface area contributed by atoms with Crippen LogP contribution in [0, 0.1) is 5.92 Å². The minimum Gasteiger partial charge on any atom is -0.303 e. The largest absolute Gasteiger partial charge is 0.303 e. The second kappa shape index (κ2) is 5.25. The van der Waals surface area contributed by atoms with Crippen LogP contribution in [0.15, 0.2) is 35.3 Å². The summed E-state index contributed by atoms with van der Waals surface area (Å²) in [4.78, 5) is 14.4. The Morgan fingerprint density at radius 3 is 2.69 bits per heavy atom. The molecule has 1 atom stereocenters. The third-order valence-electron chi connectivity index (χ3n) is 1.67. The second-order valence-electron chi connectivity index (χ2n) is 2.97. The van der Waals surface area contributed by atoms with E-state index in [1.54, 1.807) is 6.21 Å². The first-order valence-electron chi connectivity index (χ1n) is 4.32. The van der Waals surface area contributed by atoms with Gasteiger partial charge in [-0.3, -0.25) is 4.99 Å². The molecule has 0 radical (unpaired) electrons. The molecule has 2 nitrogen and oxygen atoms in total. The highest BCUT2D eigenvalue weighted by Crippen LogP contribution is 1.99. The van der Waals surface area contributed by atoms with Crippen molar-refractivity contribution in [3.05, 3.63) is 35.9 Å². The molecule has 1 unspecified atom stereocenters. The number of aldehydes is 1. The fourth-order valence-electron chi connectivity index (χ4n) is 0.943. The van der Waals surface area contributed by atoms with Crippen LogP contribution in [-0.2, 0) is 11.3 Å². The van der Waals surface area contributed by atoms with Gasteiger partial charge in [0.25, 0.3) is 0 Å². The molecule has 0 saturated carbocycles. The van der Waals surface area contributed by atoms with Gasteiger partial charge in [-0.15, -0.1) is 0 Å². The molecule has 2 heteroatoms. The highest BCUT2D eigenvalue weighted by atomic mass is 16.1. The molecule has 68 valence electrons. The van der Waals surface area contributed by atoms with Crippen LogP contribution in [0.4, 0.5) is 0 Å². The summed E-state index contributed by atoms with van der Waals surface area (Å²) in [5.41, 5.74) is 1.16. The lowest BCUT2D eigenvalue weighted by atomic mass is 10.2. The molecular weight excluding hydrogens is 162 g/mol. The van der Waals surface area contributed by atoms with Gasteiger partial charge in [-0.05, 0) is 5.56 Å². The molecule has 0 aliphatic carbocycles. The van der Waals surface area contributed by atoms with Gasteiger partial charge in [-0.1, -0.05) is 37.3 Å². The summed E-state index contributed by atoms with van der Waals surface area (Å²) in [6.45, 7) is 2.47. The SMILES string of the molecule is CC(C=O)C=NCc1ccccc1. The fraction of sp³-hybridized carbons (Fsp3) is 0.273. The van der Waals surface area contributed by atoms with Gasteiger partial charge in [0, 0.05) is 12.1 Å². The van der Waals surface area contributed by atoms with E-state index in [1.165, 1.54) is 0 Å². The van der Waals surface area contributed by atoms with Crippen molar-refractivity contribution in [2.75, 3.05) is 0 Å². The fourth-order valence-corrected chi connectivity index (χ4v) is 0.943. The highest BCUT2D eigenvalue weighted by Gasteiger charge is 1.91. The van der Waals surface area contributed by atoms with Crippen LogP contribution < -0.4 is 0 Å². The van der Waals surface area contributed by atoms with Crippen LogP contribution in [0.1, 0.15) is 12.5 Å². The monoisotopic (exact) mass is 175 g/mol. The van der Waals surface area contributed by atoms with Gasteiger partial charge in [-0.25, -0.2) is 0 Å². The van der Waals surface area contributed by atoms with Gasteiger partial charge >= 0.3 is 0 Å². The molecule has 0 saturated heterocycles. The summed E-state index contributed by atoms with van der Waals surface area (Å²) >= 11 is 0. The summed E-state index contributed by atoms with van der Waals surface area (Å²) < 4.78 is 0. The molecule has 0 aromatic heterocycles. The van der Waals surface area contributed by atoms with Crippen LogP contribution in [0.25, 0.3) is 0 Å². The first-order chi connectivity index (χ1) is 6.33. The predicted molar refractivity (Wildman–Crippen MR) is 53.9 cm³/mol. The van der Waals surface area contributed by atoms with Crippen molar-refractivity contribution in [3.8, 4) is 0 Å². The van der Waals surface area contributed by atoms with Crippen LogP contribution in [-0.4, -0.2) is 12.5 Å². The van der Waals surface area contributed by atoms with E-state index in [-0.39, 0.29) is 5.92 Å². The van der Waals surface area contributed by atoms with E-state index < -0.39 is 0 Å². The molecule has 0 N–H and O–H groups in total. The Morgan fingerprint density at radius 2 is 2.08 bits per heavy atom. The summed E-state index contributed by atoms with van der Waals surface area (Å²) in [6.07, 6.45) is 2.56. The van der Waals surface area contributed by atoms with Crippen molar-refractivity contribution >= 4 is 12.5 Å². The van der Waals surface area contributed by atoms with Gasteiger partial charge in [0.15, 0.2) is 0 Å². The number of hydrogen-bond donors (Lipinski definition) is 0. The van der Waals surface area contributed by atoms with Crippen molar-refractivity contribution in [3.63, 3.8) is 0 Å². The maximum absolute atomic E-state index is 10.3. The van der Waals surface area contributed by atoms with Gasteiger partial charge in [0.1, 0.15) is 6.29 Å². The average molecular weight is 175 g/mol. The normalized spacial score (nSPS) is 13.0. The minimum absolute atomic E-state index is 0.0799. The topological polar surface area (TPSA) is 29.4 Å². The first kappa shape index (κ1) is 9.65. The molecule has 0 aliphatic rings. The maximum atomic E-state index is 10.3. The molecule has 0 fully saturated rings. The van der Waals surface area contributed by atoms with Crippen LogP contribution >= 0.6 is 0 Å². The number of benzene rings is 1. The van der Waals surface area contributed by atoms with Gasteiger partial charge in [0.05, 0.1) is 6.54 Å². The molecule has 1 rings (SSSR count). The zero-order chi connectivity index (χ0) is 9.52. The predicted octanol–water partition coefficient (Wildman–Crippen LogP) is 2.09. The number of aliphatic imine (C=N–C) groups is 1.